The van der Waals surface area contributed by atoms with Gasteiger partial charge in [-0.1, -0.05) is 24.3 Å². The minimum atomic E-state index is 0.0517. The first-order valence-electron chi connectivity index (χ1n) is 6.71. The Balaban J connectivity index is 1.95. The number of ether oxygens (including phenoxy) is 1. The fourth-order valence-corrected chi connectivity index (χ4v) is 2.03. The van der Waals surface area contributed by atoms with Crippen LogP contribution in [-0.4, -0.2) is 18.7 Å². The van der Waals surface area contributed by atoms with Gasteiger partial charge in [0.2, 0.25) is 0 Å². The lowest BCUT2D eigenvalue weighted by atomic mass is 10.0. The van der Waals surface area contributed by atoms with Crippen LogP contribution in [0.3, 0.4) is 0 Å². The van der Waals surface area contributed by atoms with Crippen LogP contribution in [0.2, 0.25) is 0 Å². The SMILES string of the molecule is COc1ccc(C(=O)CCc2ccc(C(=N)N)cc2)cc1. The average molecular weight is 282 g/mol. The summed E-state index contributed by atoms with van der Waals surface area (Å²) in [6, 6.07) is 14.5. The molecular weight excluding hydrogens is 264 g/mol. The molecule has 0 saturated heterocycles. The molecule has 0 aliphatic heterocycles. The number of rotatable bonds is 6. The van der Waals surface area contributed by atoms with Crippen molar-refractivity contribution in [1.82, 2.24) is 0 Å². The number of benzene rings is 2. The summed E-state index contributed by atoms with van der Waals surface area (Å²) in [7, 11) is 1.60. The van der Waals surface area contributed by atoms with E-state index in [1.807, 2.05) is 12.1 Å². The highest BCUT2D eigenvalue weighted by Gasteiger charge is 2.06. The molecule has 0 fully saturated rings. The standard InChI is InChI=1S/C17H18N2O2/c1-21-15-9-7-13(8-10-15)16(20)11-4-12-2-5-14(6-3-12)17(18)19/h2-3,5-10H,4,11H2,1H3,(H3,18,19). The molecular formula is C17H18N2O2. The van der Waals surface area contributed by atoms with Crippen molar-refractivity contribution in [1.29, 1.82) is 5.41 Å². The molecule has 3 N–H and O–H groups in total. The largest absolute Gasteiger partial charge is 0.497 e. The Morgan fingerprint density at radius 1 is 1.05 bits per heavy atom. The van der Waals surface area contributed by atoms with E-state index in [2.05, 4.69) is 0 Å². The summed E-state index contributed by atoms with van der Waals surface area (Å²) in [5.74, 6) is 0.899. The summed E-state index contributed by atoms with van der Waals surface area (Å²) >= 11 is 0. The van der Waals surface area contributed by atoms with Gasteiger partial charge in [0.15, 0.2) is 5.78 Å². The summed E-state index contributed by atoms with van der Waals surface area (Å²) in [5, 5.41) is 7.33. The lowest BCUT2D eigenvalue weighted by molar-refractivity contribution is 0.0983. The van der Waals surface area contributed by atoms with Crippen LogP contribution in [0.15, 0.2) is 48.5 Å². The van der Waals surface area contributed by atoms with E-state index >= 15 is 0 Å². The molecule has 2 aromatic carbocycles. The highest BCUT2D eigenvalue weighted by Crippen LogP contribution is 2.14. The molecule has 0 saturated carbocycles. The van der Waals surface area contributed by atoms with Crippen molar-refractivity contribution in [3.8, 4) is 5.75 Å². The Morgan fingerprint density at radius 2 is 1.62 bits per heavy atom. The normalized spacial score (nSPS) is 10.1. The van der Waals surface area contributed by atoms with E-state index in [1.165, 1.54) is 0 Å². The van der Waals surface area contributed by atoms with Crippen molar-refractivity contribution in [2.75, 3.05) is 7.11 Å². The molecule has 0 spiro atoms. The molecule has 0 bridgehead atoms. The van der Waals surface area contributed by atoms with E-state index in [-0.39, 0.29) is 11.6 Å². The Labute approximate surface area is 124 Å². The topological polar surface area (TPSA) is 76.2 Å². The molecule has 0 aliphatic rings. The molecule has 0 radical (unpaired) electrons. The number of hydrogen-bond donors (Lipinski definition) is 2. The Morgan fingerprint density at radius 3 is 2.14 bits per heavy atom. The van der Waals surface area contributed by atoms with Crippen molar-refractivity contribution >= 4 is 11.6 Å². The third-order valence-electron chi connectivity index (χ3n) is 3.32. The summed E-state index contributed by atoms with van der Waals surface area (Å²) in [6.45, 7) is 0. The first kappa shape index (κ1) is 14.8. The van der Waals surface area contributed by atoms with Gasteiger partial charge in [0, 0.05) is 17.5 Å². The van der Waals surface area contributed by atoms with Gasteiger partial charge in [0.25, 0.3) is 0 Å². The minimum absolute atomic E-state index is 0.0517. The molecule has 2 aromatic rings. The third-order valence-corrected chi connectivity index (χ3v) is 3.32. The maximum Gasteiger partial charge on any atom is 0.163 e. The van der Waals surface area contributed by atoms with E-state index in [9.17, 15) is 4.79 Å². The predicted molar refractivity (Wildman–Crippen MR) is 83.1 cm³/mol. The van der Waals surface area contributed by atoms with Crippen molar-refractivity contribution in [3.63, 3.8) is 0 Å². The van der Waals surface area contributed by atoms with Gasteiger partial charge in [-0.3, -0.25) is 10.2 Å². The van der Waals surface area contributed by atoms with Gasteiger partial charge < -0.3 is 10.5 Å². The Bertz CT molecular complexity index is 631. The van der Waals surface area contributed by atoms with Crippen LogP contribution in [0.5, 0.6) is 5.75 Å². The van der Waals surface area contributed by atoms with Crippen LogP contribution < -0.4 is 10.5 Å². The van der Waals surface area contributed by atoms with Crippen molar-refractivity contribution in [2.24, 2.45) is 5.73 Å². The van der Waals surface area contributed by atoms with Gasteiger partial charge in [-0.05, 0) is 36.2 Å². The maximum atomic E-state index is 12.1. The van der Waals surface area contributed by atoms with Crippen LogP contribution >= 0.6 is 0 Å². The lowest BCUT2D eigenvalue weighted by Crippen LogP contribution is -2.10. The van der Waals surface area contributed by atoms with Gasteiger partial charge in [0.05, 0.1) is 7.11 Å². The zero-order valence-corrected chi connectivity index (χ0v) is 11.9. The molecule has 21 heavy (non-hydrogen) atoms. The number of hydrogen-bond acceptors (Lipinski definition) is 3. The first-order valence-corrected chi connectivity index (χ1v) is 6.71. The number of methoxy groups -OCH3 is 1. The lowest BCUT2D eigenvalue weighted by Gasteiger charge is -2.04. The van der Waals surface area contributed by atoms with Gasteiger partial charge >= 0.3 is 0 Å². The Hall–Kier alpha value is -2.62. The summed E-state index contributed by atoms with van der Waals surface area (Å²) in [6.07, 6.45) is 1.12. The number of aryl methyl sites for hydroxylation is 1. The number of carbonyl (C=O) groups is 1. The van der Waals surface area contributed by atoms with Gasteiger partial charge in [-0.2, -0.15) is 0 Å². The fourth-order valence-electron chi connectivity index (χ4n) is 2.03. The van der Waals surface area contributed by atoms with Crippen molar-refractivity contribution < 1.29 is 9.53 Å². The monoisotopic (exact) mass is 282 g/mol. The number of ketones is 1. The smallest absolute Gasteiger partial charge is 0.163 e. The van der Waals surface area contributed by atoms with Crippen LogP contribution in [0.4, 0.5) is 0 Å². The van der Waals surface area contributed by atoms with E-state index in [0.717, 1.165) is 11.3 Å². The highest BCUT2D eigenvalue weighted by molar-refractivity contribution is 5.96. The quantitative estimate of drug-likeness (QED) is 0.486. The summed E-state index contributed by atoms with van der Waals surface area (Å²) in [5.41, 5.74) is 7.85. The van der Waals surface area contributed by atoms with Gasteiger partial charge in [-0.25, -0.2) is 0 Å². The molecule has 0 amide bonds. The molecule has 4 heteroatoms. The zero-order valence-electron chi connectivity index (χ0n) is 11.9. The minimum Gasteiger partial charge on any atom is -0.497 e. The second-order valence-corrected chi connectivity index (χ2v) is 4.76. The number of Topliss-reactive ketones (excluding diaryl/α,β-unsaturated/α-hetero) is 1. The van der Waals surface area contributed by atoms with E-state index in [0.29, 0.717) is 24.0 Å². The molecule has 0 aromatic heterocycles. The van der Waals surface area contributed by atoms with Crippen LogP contribution in [0.25, 0.3) is 0 Å². The van der Waals surface area contributed by atoms with Gasteiger partial charge in [-0.15, -0.1) is 0 Å². The number of nitrogen functional groups attached to an aromatic ring is 1. The molecule has 2 rings (SSSR count). The highest BCUT2D eigenvalue weighted by atomic mass is 16.5. The van der Waals surface area contributed by atoms with Crippen LogP contribution in [-0.2, 0) is 6.42 Å². The summed E-state index contributed by atoms with van der Waals surface area (Å²) in [4.78, 5) is 12.1. The first-order chi connectivity index (χ1) is 10.1. The number of carbonyl (C=O) groups excluding carboxylic acids is 1. The average Bonchev–Trinajstić information content (AvgIpc) is 2.53. The molecule has 108 valence electrons. The van der Waals surface area contributed by atoms with Crippen LogP contribution in [0, 0.1) is 5.41 Å². The number of nitrogens with one attached hydrogen (secondary N) is 1. The van der Waals surface area contributed by atoms with E-state index < -0.39 is 0 Å². The molecule has 4 nitrogen and oxygen atoms in total. The van der Waals surface area contributed by atoms with Crippen molar-refractivity contribution in [3.05, 3.63) is 65.2 Å². The number of nitrogens with two attached hydrogens (primary N) is 1. The second kappa shape index (κ2) is 6.70. The maximum absolute atomic E-state index is 12.1. The molecule has 0 unspecified atom stereocenters. The molecule has 0 heterocycles. The Kier molecular flexibility index (Phi) is 4.72. The number of amidine groups is 1. The summed E-state index contributed by atoms with van der Waals surface area (Å²) < 4.78 is 5.07. The van der Waals surface area contributed by atoms with Crippen molar-refractivity contribution in [2.45, 2.75) is 12.8 Å². The zero-order chi connectivity index (χ0) is 15.2. The van der Waals surface area contributed by atoms with Crippen LogP contribution in [0.1, 0.15) is 27.9 Å². The second-order valence-electron chi connectivity index (χ2n) is 4.76. The predicted octanol–water partition coefficient (Wildman–Crippen LogP) is 2.79. The molecule has 0 atom stereocenters. The third kappa shape index (κ3) is 3.92. The van der Waals surface area contributed by atoms with E-state index in [1.54, 1.807) is 43.5 Å². The van der Waals surface area contributed by atoms with Gasteiger partial charge in [0.1, 0.15) is 11.6 Å². The van der Waals surface area contributed by atoms with E-state index in [4.69, 9.17) is 15.9 Å². The molecule has 0 aliphatic carbocycles. The fraction of sp³-hybridized carbons (Fsp3) is 0.176.